The number of hydrogen-bond acceptors (Lipinski definition) is 3. The molecule has 2 N–H and O–H groups in total. The van der Waals surface area contributed by atoms with Gasteiger partial charge in [-0.15, -0.1) is 0 Å². The first kappa shape index (κ1) is 13.8. The molecule has 2 bridgehead atoms. The minimum atomic E-state index is -0.195. The number of nitrogens with one attached hydrogen (secondary N) is 1. The van der Waals surface area contributed by atoms with E-state index in [0.29, 0.717) is 6.04 Å². The number of hydrogen-bond donors (Lipinski definition) is 2. The van der Waals surface area contributed by atoms with Gasteiger partial charge in [0.25, 0.3) is 0 Å². The lowest BCUT2D eigenvalue weighted by Crippen LogP contribution is -2.43. The maximum atomic E-state index is 10.1. The Balaban J connectivity index is 1.36. The average Bonchev–Trinajstić information content (AvgIpc) is 3.12. The van der Waals surface area contributed by atoms with Crippen molar-refractivity contribution in [2.24, 2.45) is 17.8 Å². The summed E-state index contributed by atoms with van der Waals surface area (Å²) in [5.74, 6) is 2.87. The van der Waals surface area contributed by atoms with E-state index in [1.807, 2.05) is 0 Å². The molecule has 1 aliphatic heterocycles. The van der Waals surface area contributed by atoms with Crippen molar-refractivity contribution in [3.05, 3.63) is 0 Å². The van der Waals surface area contributed by atoms with Crippen LogP contribution < -0.4 is 5.32 Å². The van der Waals surface area contributed by atoms with Crippen molar-refractivity contribution in [1.29, 1.82) is 0 Å². The fraction of sp³-hybridized carbons (Fsp3) is 1.00. The second-order valence-corrected chi connectivity index (χ2v) is 7.20. The predicted molar refractivity (Wildman–Crippen MR) is 78.1 cm³/mol. The van der Waals surface area contributed by atoms with Gasteiger partial charge >= 0.3 is 0 Å². The average molecular weight is 266 g/mol. The first-order valence-electron chi connectivity index (χ1n) is 8.36. The van der Waals surface area contributed by atoms with Gasteiger partial charge in [0.2, 0.25) is 0 Å². The first-order chi connectivity index (χ1) is 9.22. The van der Waals surface area contributed by atoms with Crippen LogP contribution in [0.4, 0.5) is 0 Å². The summed E-state index contributed by atoms with van der Waals surface area (Å²) in [4.78, 5) is 2.40. The maximum Gasteiger partial charge on any atom is 0.0791 e. The molecular formula is C16H30N2O. The first-order valence-corrected chi connectivity index (χ1v) is 8.36. The van der Waals surface area contributed by atoms with Crippen LogP contribution in [0.15, 0.2) is 0 Å². The molecule has 3 nitrogen and oxygen atoms in total. The molecule has 3 heteroatoms. The number of aliphatic hydroxyl groups is 1. The summed E-state index contributed by atoms with van der Waals surface area (Å²) >= 11 is 0. The summed E-state index contributed by atoms with van der Waals surface area (Å²) in [7, 11) is 0. The molecule has 3 aliphatic rings. The van der Waals surface area contributed by atoms with Gasteiger partial charge in [-0.2, -0.15) is 0 Å². The molecule has 0 aromatic heterocycles. The highest BCUT2D eigenvalue weighted by molar-refractivity contribution is 4.94. The molecule has 19 heavy (non-hydrogen) atoms. The summed E-state index contributed by atoms with van der Waals surface area (Å²) in [6.07, 6.45) is 8.26. The van der Waals surface area contributed by atoms with E-state index in [1.165, 1.54) is 51.6 Å². The lowest BCUT2D eigenvalue weighted by Gasteiger charge is -2.30. The van der Waals surface area contributed by atoms with Gasteiger partial charge in [0, 0.05) is 19.1 Å². The molecule has 0 aromatic carbocycles. The predicted octanol–water partition coefficient (Wildman–Crippen LogP) is 1.86. The van der Waals surface area contributed by atoms with Crippen LogP contribution in [0, 0.1) is 17.8 Å². The Bertz CT molecular complexity index is 290. The smallest absolute Gasteiger partial charge is 0.0791 e. The molecule has 0 radical (unpaired) electrons. The third-order valence-corrected chi connectivity index (χ3v) is 5.78. The zero-order chi connectivity index (χ0) is 13.2. The van der Waals surface area contributed by atoms with Crippen LogP contribution in [0.3, 0.4) is 0 Å². The number of β-amino-alcohol motifs (C(OH)–C–C–N with tert-alkyl or cyclic N) is 1. The molecule has 0 spiro atoms. The molecule has 3 fully saturated rings. The highest BCUT2D eigenvalue weighted by Gasteiger charge is 2.41. The highest BCUT2D eigenvalue weighted by Crippen LogP contribution is 2.49. The Morgan fingerprint density at radius 2 is 2.00 bits per heavy atom. The molecule has 2 saturated carbocycles. The number of fused-ring (bicyclic) bond motifs is 2. The highest BCUT2D eigenvalue weighted by atomic mass is 16.3. The fourth-order valence-electron chi connectivity index (χ4n) is 4.71. The monoisotopic (exact) mass is 266 g/mol. The van der Waals surface area contributed by atoms with Crippen molar-refractivity contribution >= 4 is 0 Å². The van der Waals surface area contributed by atoms with Gasteiger partial charge in [-0.3, -0.25) is 0 Å². The van der Waals surface area contributed by atoms with Gasteiger partial charge in [-0.25, -0.2) is 0 Å². The van der Waals surface area contributed by atoms with Crippen molar-refractivity contribution in [2.75, 3.05) is 26.2 Å². The molecule has 0 aromatic rings. The van der Waals surface area contributed by atoms with Crippen LogP contribution in [-0.2, 0) is 0 Å². The van der Waals surface area contributed by atoms with Gasteiger partial charge in [0.05, 0.1) is 6.10 Å². The van der Waals surface area contributed by atoms with E-state index in [2.05, 4.69) is 17.1 Å². The molecule has 0 amide bonds. The van der Waals surface area contributed by atoms with Crippen molar-refractivity contribution in [3.8, 4) is 0 Å². The summed E-state index contributed by atoms with van der Waals surface area (Å²) in [6.45, 7) is 6.31. The molecule has 110 valence electrons. The van der Waals surface area contributed by atoms with Gasteiger partial charge in [-0.1, -0.05) is 6.42 Å². The zero-order valence-corrected chi connectivity index (χ0v) is 12.4. The third kappa shape index (κ3) is 3.32. The number of rotatable bonds is 6. The molecule has 1 heterocycles. The number of aliphatic hydroxyl groups excluding tert-OH is 1. The Labute approximate surface area is 117 Å². The molecular weight excluding hydrogens is 236 g/mol. The molecule has 5 atom stereocenters. The Morgan fingerprint density at radius 1 is 1.21 bits per heavy atom. The second kappa shape index (κ2) is 6.11. The lowest BCUT2D eigenvalue weighted by molar-refractivity contribution is 0.115. The topological polar surface area (TPSA) is 35.5 Å². The van der Waals surface area contributed by atoms with E-state index in [4.69, 9.17) is 0 Å². The van der Waals surface area contributed by atoms with Crippen LogP contribution in [0.25, 0.3) is 0 Å². The maximum absolute atomic E-state index is 10.1. The fourth-order valence-corrected chi connectivity index (χ4v) is 4.71. The third-order valence-electron chi connectivity index (χ3n) is 5.78. The van der Waals surface area contributed by atoms with Crippen LogP contribution in [0.2, 0.25) is 0 Å². The summed E-state index contributed by atoms with van der Waals surface area (Å²) in [6, 6.07) is 0.587. The van der Waals surface area contributed by atoms with Gasteiger partial charge in [0.1, 0.15) is 0 Å². The molecule has 5 unspecified atom stereocenters. The zero-order valence-electron chi connectivity index (χ0n) is 12.4. The van der Waals surface area contributed by atoms with Crippen molar-refractivity contribution in [1.82, 2.24) is 10.2 Å². The van der Waals surface area contributed by atoms with Gasteiger partial charge in [-0.05, 0) is 69.9 Å². The van der Waals surface area contributed by atoms with E-state index in [9.17, 15) is 5.11 Å². The number of nitrogens with zero attached hydrogens (tertiary/aromatic N) is 1. The van der Waals surface area contributed by atoms with Crippen LogP contribution in [0.1, 0.15) is 45.4 Å². The second-order valence-electron chi connectivity index (χ2n) is 7.20. The van der Waals surface area contributed by atoms with Crippen LogP contribution >= 0.6 is 0 Å². The van der Waals surface area contributed by atoms with Crippen LogP contribution in [-0.4, -0.2) is 48.3 Å². The van der Waals surface area contributed by atoms with Crippen molar-refractivity contribution in [2.45, 2.75) is 57.6 Å². The summed E-state index contributed by atoms with van der Waals surface area (Å²) < 4.78 is 0. The molecule has 1 saturated heterocycles. The summed E-state index contributed by atoms with van der Waals surface area (Å²) in [5.41, 5.74) is 0. The van der Waals surface area contributed by atoms with E-state index in [0.717, 1.165) is 30.8 Å². The van der Waals surface area contributed by atoms with E-state index >= 15 is 0 Å². The van der Waals surface area contributed by atoms with Crippen LogP contribution in [0.5, 0.6) is 0 Å². The molecule has 2 aliphatic carbocycles. The Hall–Kier alpha value is -0.120. The minimum absolute atomic E-state index is 0.195. The normalized spacial score (nSPS) is 37.9. The minimum Gasteiger partial charge on any atom is -0.390 e. The van der Waals surface area contributed by atoms with Crippen molar-refractivity contribution < 1.29 is 5.11 Å². The Morgan fingerprint density at radius 3 is 2.63 bits per heavy atom. The number of likely N-dealkylation sites (tertiary alicyclic amines) is 1. The van der Waals surface area contributed by atoms with E-state index in [1.54, 1.807) is 0 Å². The van der Waals surface area contributed by atoms with Crippen molar-refractivity contribution in [3.63, 3.8) is 0 Å². The standard InChI is InChI=1S/C16H30N2O/c1-12(16-9-13-4-5-14(16)8-13)17-10-15(19)11-18-6-2-3-7-18/h12-17,19H,2-11H2,1H3. The van der Waals surface area contributed by atoms with E-state index in [-0.39, 0.29) is 6.10 Å². The lowest BCUT2D eigenvalue weighted by atomic mass is 9.84. The molecule has 3 rings (SSSR count). The largest absolute Gasteiger partial charge is 0.390 e. The van der Waals surface area contributed by atoms with Gasteiger partial charge < -0.3 is 15.3 Å². The quantitative estimate of drug-likeness (QED) is 0.770. The summed E-state index contributed by atoms with van der Waals surface area (Å²) in [5, 5.41) is 13.7. The Kier molecular flexibility index (Phi) is 4.45. The SMILES string of the molecule is CC(NCC(O)CN1CCCC1)C1CC2CCC1C2. The van der Waals surface area contributed by atoms with Gasteiger partial charge in [0.15, 0.2) is 0 Å². The van der Waals surface area contributed by atoms with E-state index < -0.39 is 0 Å².